The highest BCUT2D eigenvalue weighted by Gasteiger charge is 2.12. The van der Waals surface area contributed by atoms with Gasteiger partial charge in [0.1, 0.15) is 5.75 Å². The van der Waals surface area contributed by atoms with Gasteiger partial charge in [0.05, 0.1) is 18.2 Å². The van der Waals surface area contributed by atoms with E-state index in [1.165, 1.54) is 11.1 Å². The summed E-state index contributed by atoms with van der Waals surface area (Å²) >= 11 is 3.52. The first-order valence-corrected chi connectivity index (χ1v) is 6.07. The Hall–Kier alpha value is -0.580. The molecule has 0 heterocycles. The molecule has 0 unspecified atom stereocenters. The lowest BCUT2D eigenvalue weighted by Gasteiger charge is -2.15. The van der Waals surface area contributed by atoms with E-state index >= 15 is 0 Å². The van der Waals surface area contributed by atoms with Crippen molar-refractivity contribution in [3.8, 4) is 5.75 Å². The van der Waals surface area contributed by atoms with Crippen molar-refractivity contribution in [3.63, 3.8) is 0 Å². The van der Waals surface area contributed by atoms with Gasteiger partial charge in [0.15, 0.2) is 0 Å². The van der Waals surface area contributed by atoms with Crippen LogP contribution in [0.5, 0.6) is 5.75 Å². The Balaban J connectivity index is 3.07. The number of methoxy groups -OCH3 is 1. The van der Waals surface area contributed by atoms with Crippen LogP contribution in [-0.2, 0) is 11.3 Å². The number of benzene rings is 1. The fraction of sp³-hybridized carbons (Fsp3) is 0.500. The fourth-order valence-electron chi connectivity index (χ4n) is 1.64. The van der Waals surface area contributed by atoms with Gasteiger partial charge in [0.2, 0.25) is 0 Å². The molecule has 1 aromatic rings. The molecule has 0 spiro atoms. The van der Waals surface area contributed by atoms with Crippen LogP contribution in [0.2, 0.25) is 0 Å². The molecular formula is C12H18BrNO2. The maximum absolute atomic E-state index is 5.39. The average Bonchev–Trinajstić information content (AvgIpc) is 2.25. The molecule has 0 aromatic heterocycles. The third-order valence-corrected chi connectivity index (χ3v) is 3.06. The molecule has 0 fully saturated rings. The molecule has 90 valence electrons. The van der Waals surface area contributed by atoms with Crippen LogP contribution in [0.25, 0.3) is 0 Å². The van der Waals surface area contributed by atoms with Crippen molar-refractivity contribution < 1.29 is 9.57 Å². The van der Waals surface area contributed by atoms with Crippen molar-refractivity contribution in [1.29, 1.82) is 0 Å². The summed E-state index contributed by atoms with van der Waals surface area (Å²) < 4.78 is 6.37. The molecule has 2 N–H and O–H groups in total. The minimum Gasteiger partial charge on any atom is -0.495 e. The van der Waals surface area contributed by atoms with Gasteiger partial charge < -0.3 is 9.57 Å². The van der Waals surface area contributed by atoms with E-state index in [1.54, 1.807) is 7.11 Å². The maximum atomic E-state index is 5.39. The summed E-state index contributed by atoms with van der Waals surface area (Å²) in [5, 5.41) is 0. The Morgan fingerprint density at radius 1 is 1.38 bits per heavy atom. The van der Waals surface area contributed by atoms with Crippen LogP contribution in [-0.4, -0.2) is 13.7 Å². The molecule has 0 bridgehead atoms. The highest BCUT2D eigenvalue weighted by Crippen LogP contribution is 2.35. The summed E-state index contributed by atoms with van der Waals surface area (Å²) in [7, 11) is 1.69. The van der Waals surface area contributed by atoms with Crippen LogP contribution in [0, 0.1) is 0 Å². The van der Waals surface area contributed by atoms with Gasteiger partial charge in [-0.05, 0) is 45.5 Å². The second-order valence-electron chi connectivity index (χ2n) is 3.98. The molecule has 0 aliphatic heterocycles. The van der Waals surface area contributed by atoms with E-state index < -0.39 is 0 Å². The minimum absolute atomic E-state index is 0.421. The zero-order valence-corrected chi connectivity index (χ0v) is 11.5. The van der Waals surface area contributed by atoms with E-state index in [0.29, 0.717) is 12.5 Å². The van der Waals surface area contributed by atoms with Crippen molar-refractivity contribution in [1.82, 2.24) is 0 Å². The molecule has 0 atom stereocenters. The fourth-order valence-corrected chi connectivity index (χ4v) is 2.32. The van der Waals surface area contributed by atoms with E-state index in [9.17, 15) is 0 Å². The van der Waals surface area contributed by atoms with Gasteiger partial charge in [-0.1, -0.05) is 19.9 Å². The minimum atomic E-state index is 0.421. The third-order valence-electron chi connectivity index (χ3n) is 2.47. The molecule has 1 rings (SSSR count). The van der Waals surface area contributed by atoms with Gasteiger partial charge in [0.25, 0.3) is 0 Å². The molecule has 0 saturated heterocycles. The molecule has 4 heteroatoms. The molecule has 0 amide bonds. The lowest BCUT2D eigenvalue weighted by Crippen LogP contribution is -2.05. The normalized spacial score (nSPS) is 10.9. The summed E-state index contributed by atoms with van der Waals surface area (Å²) in [5.74, 6) is 6.36. The van der Waals surface area contributed by atoms with Gasteiger partial charge in [-0.25, -0.2) is 5.90 Å². The first-order chi connectivity index (χ1) is 7.60. The average molecular weight is 288 g/mol. The largest absolute Gasteiger partial charge is 0.495 e. The van der Waals surface area contributed by atoms with Crippen molar-refractivity contribution in [3.05, 3.63) is 27.7 Å². The molecule has 0 aliphatic carbocycles. The van der Waals surface area contributed by atoms with Crippen LogP contribution in [0.4, 0.5) is 0 Å². The van der Waals surface area contributed by atoms with Crippen LogP contribution < -0.4 is 10.6 Å². The molecular weight excluding hydrogens is 270 g/mol. The predicted molar refractivity (Wildman–Crippen MR) is 68.6 cm³/mol. The molecule has 0 saturated carbocycles. The number of nitrogens with two attached hydrogens (primary N) is 1. The lowest BCUT2D eigenvalue weighted by atomic mass is 9.98. The van der Waals surface area contributed by atoms with E-state index in [1.807, 2.05) is 6.07 Å². The van der Waals surface area contributed by atoms with E-state index in [2.05, 4.69) is 40.7 Å². The van der Waals surface area contributed by atoms with Gasteiger partial charge in [-0.3, -0.25) is 0 Å². The number of halogens is 1. The van der Waals surface area contributed by atoms with Crippen LogP contribution in [0.3, 0.4) is 0 Å². The predicted octanol–water partition coefficient (Wildman–Crippen LogP) is 3.01. The molecule has 0 aliphatic rings. The van der Waals surface area contributed by atoms with E-state index in [0.717, 1.165) is 16.6 Å². The van der Waals surface area contributed by atoms with Crippen LogP contribution in [0.1, 0.15) is 30.9 Å². The monoisotopic (exact) mass is 287 g/mol. The summed E-state index contributed by atoms with van der Waals surface area (Å²) in [6.07, 6.45) is 0.804. The quantitative estimate of drug-likeness (QED) is 0.847. The second-order valence-corrected chi connectivity index (χ2v) is 4.83. The van der Waals surface area contributed by atoms with Crippen molar-refractivity contribution in [2.24, 2.45) is 5.90 Å². The zero-order valence-electron chi connectivity index (χ0n) is 9.92. The summed E-state index contributed by atoms with van der Waals surface area (Å²) in [5.41, 5.74) is 2.39. The SMILES string of the molecule is COc1c(Br)cc(CCON)cc1C(C)C. The van der Waals surface area contributed by atoms with Gasteiger partial charge >= 0.3 is 0 Å². The molecule has 1 aromatic carbocycles. The summed E-state index contributed by atoms with van der Waals surface area (Å²) in [6, 6.07) is 4.19. The highest BCUT2D eigenvalue weighted by molar-refractivity contribution is 9.10. The van der Waals surface area contributed by atoms with E-state index in [4.69, 9.17) is 10.6 Å². The summed E-state index contributed by atoms with van der Waals surface area (Å²) in [4.78, 5) is 4.60. The Kier molecular flexibility index (Phi) is 5.25. The smallest absolute Gasteiger partial charge is 0.136 e. The number of rotatable bonds is 5. The zero-order chi connectivity index (χ0) is 12.1. The maximum Gasteiger partial charge on any atom is 0.136 e. The lowest BCUT2D eigenvalue weighted by molar-refractivity contribution is 0.141. The Bertz CT molecular complexity index is 353. The second kappa shape index (κ2) is 6.23. The summed E-state index contributed by atoms with van der Waals surface area (Å²) in [6.45, 7) is 4.82. The van der Waals surface area contributed by atoms with Crippen molar-refractivity contribution in [2.75, 3.05) is 13.7 Å². The number of hydrogen-bond donors (Lipinski definition) is 1. The topological polar surface area (TPSA) is 44.5 Å². The molecule has 0 radical (unpaired) electrons. The molecule has 16 heavy (non-hydrogen) atoms. The van der Waals surface area contributed by atoms with Crippen LogP contribution >= 0.6 is 15.9 Å². The number of ether oxygens (including phenoxy) is 1. The van der Waals surface area contributed by atoms with Gasteiger partial charge in [0, 0.05) is 0 Å². The first kappa shape index (κ1) is 13.5. The van der Waals surface area contributed by atoms with Crippen molar-refractivity contribution in [2.45, 2.75) is 26.2 Å². The standard InChI is InChI=1S/C12H18BrNO2/c1-8(2)10-6-9(4-5-16-14)7-11(13)12(10)15-3/h6-8H,4-5,14H2,1-3H3. The van der Waals surface area contributed by atoms with Crippen molar-refractivity contribution >= 4 is 15.9 Å². The highest BCUT2D eigenvalue weighted by atomic mass is 79.9. The Morgan fingerprint density at radius 3 is 2.56 bits per heavy atom. The third kappa shape index (κ3) is 3.20. The molecule has 3 nitrogen and oxygen atoms in total. The van der Waals surface area contributed by atoms with Gasteiger partial charge in [-0.2, -0.15) is 0 Å². The van der Waals surface area contributed by atoms with E-state index in [-0.39, 0.29) is 0 Å². The number of hydrogen-bond acceptors (Lipinski definition) is 3. The van der Waals surface area contributed by atoms with Gasteiger partial charge in [-0.15, -0.1) is 0 Å². The Morgan fingerprint density at radius 2 is 2.06 bits per heavy atom. The van der Waals surface area contributed by atoms with Crippen LogP contribution in [0.15, 0.2) is 16.6 Å². The Labute approximate surface area is 105 Å². The first-order valence-electron chi connectivity index (χ1n) is 5.28.